The Morgan fingerprint density at radius 1 is 0.897 bits per heavy atom. The zero-order chi connectivity index (χ0) is 28.7. The highest BCUT2D eigenvalue weighted by Gasteiger charge is 2.34. The summed E-state index contributed by atoms with van der Waals surface area (Å²) >= 11 is 0. The van der Waals surface area contributed by atoms with Crippen LogP contribution in [0, 0.1) is 6.92 Å². The van der Waals surface area contributed by atoms with Crippen molar-refractivity contribution >= 4 is 49.6 Å². The average molecular weight is 575 g/mol. The first-order valence-electron chi connectivity index (χ1n) is 10.7. The van der Waals surface area contributed by atoms with Crippen LogP contribution in [0.2, 0.25) is 0 Å². The number of aromatic nitrogens is 2. The Labute approximate surface area is 220 Å². The fourth-order valence-electron chi connectivity index (χ4n) is 3.60. The number of carbonyl (C=O) groups is 2. The molecule has 16 heteroatoms. The van der Waals surface area contributed by atoms with Crippen LogP contribution in [0.4, 0.5) is 5.69 Å². The third-order valence-corrected chi connectivity index (χ3v) is 7.23. The van der Waals surface area contributed by atoms with Gasteiger partial charge < -0.3 is 5.11 Å². The van der Waals surface area contributed by atoms with Gasteiger partial charge in [0, 0.05) is 5.69 Å². The van der Waals surface area contributed by atoms with Gasteiger partial charge in [0.2, 0.25) is 0 Å². The molecule has 4 rings (SSSR count). The Balaban J connectivity index is 1.63. The number of carboxylic acids is 1. The van der Waals surface area contributed by atoms with Gasteiger partial charge in [0.1, 0.15) is 0 Å². The Morgan fingerprint density at radius 2 is 1.41 bits per heavy atom. The fourth-order valence-corrected chi connectivity index (χ4v) is 4.56. The second kappa shape index (κ2) is 9.91. The summed E-state index contributed by atoms with van der Waals surface area (Å²) in [5.41, 5.74) is -0.565. The number of aryl methyl sites for hydroxylation is 1. The number of nitrogens with zero attached hydrogens (tertiary/aromatic N) is 3. The summed E-state index contributed by atoms with van der Waals surface area (Å²) in [6.07, 6.45) is 3.76. The van der Waals surface area contributed by atoms with Gasteiger partial charge in [-0.25, -0.2) is 9.48 Å². The van der Waals surface area contributed by atoms with Crippen LogP contribution >= 0.6 is 0 Å². The number of aromatic amines is 1. The lowest BCUT2D eigenvalue weighted by Gasteiger charge is -2.11. The first-order chi connectivity index (χ1) is 18.2. The Kier molecular flexibility index (Phi) is 6.96. The first kappa shape index (κ1) is 27.4. The van der Waals surface area contributed by atoms with Gasteiger partial charge in [0.05, 0.1) is 32.3 Å². The molecular weight excluding hydrogens is 556 g/mol. The van der Waals surface area contributed by atoms with E-state index in [-0.39, 0.29) is 27.4 Å². The van der Waals surface area contributed by atoms with E-state index in [1.807, 2.05) is 0 Å². The summed E-state index contributed by atoms with van der Waals surface area (Å²) in [7, 11) is -8.89. The lowest BCUT2D eigenvalue weighted by Crippen LogP contribution is -2.22. The zero-order valence-electron chi connectivity index (χ0n) is 19.7. The monoisotopic (exact) mass is 574 g/mol. The SMILES string of the molecule is Cc1[nH]n(-c2ccc(S(=O)(=O)O)cc2)c(=O)c1C=C/C=C1\C(=O)N(c2ccc(S(=O)(=O)O)cc2)N=C1C(=O)O. The first-order valence-corrected chi connectivity index (χ1v) is 13.6. The van der Waals surface area contributed by atoms with Crippen molar-refractivity contribution in [1.29, 1.82) is 0 Å². The van der Waals surface area contributed by atoms with Gasteiger partial charge in [-0.05, 0) is 67.6 Å². The molecule has 2 heterocycles. The van der Waals surface area contributed by atoms with Gasteiger partial charge in [0.15, 0.2) is 5.71 Å². The normalized spacial score (nSPS) is 15.4. The molecule has 1 amide bonds. The van der Waals surface area contributed by atoms with E-state index in [0.29, 0.717) is 5.69 Å². The van der Waals surface area contributed by atoms with E-state index in [2.05, 4.69) is 10.2 Å². The van der Waals surface area contributed by atoms with Gasteiger partial charge in [-0.1, -0.05) is 6.08 Å². The zero-order valence-corrected chi connectivity index (χ0v) is 21.3. The highest BCUT2D eigenvalue weighted by atomic mass is 32.2. The number of anilines is 1. The molecule has 0 bridgehead atoms. The topological polar surface area (TPSA) is 216 Å². The maximum atomic E-state index is 12.9. The summed E-state index contributed by atoms with van der Waals surface area (Å²) < 4.78 is 64.3. The van der Waals surface area contributed by atoms with Crippen molar-refractivity contribution in [2.24, 2.45) is 5.10 Å². The number of nitrogens with one attached hydrogen (secondary N) is 1. The van der Waals surface area contributed by atoms with E-state index < -0.39 is 48.3 Å². The van der Waals surface area contributed by atoms with Crippen LogP contribution in [0.1, 0.15) is 11.3 Å². The van der Waals surface area contributed by atoms with Crippen LogP contribution in [-0.4, -0.2) is 58.4 Å². The smallest absolute Gasteiger partial charge is 0.357 e. The van der Waals surface area contributed by atoms with Crippen LogP contribution in [0.15, 0.2) is 85.9 Å². The van der Waals surface area contributed by atoms with Gasteiger partial charge in [0.25, 0.3) is 31.7 Å². The Bertz CT molecular complexity index is 1860. The van der Waals surface area contributed by atoms with E-state index in [0.717, 1.165) is 52.2 Å². The van der Waals surface area contributed by atoms with Crippen molar-refractivity contribution in [2.75, 3.05) is 5.01 Å². The van der Waals surface area contributed by atoms with E-state index in [9.17, 15) is 36.3 Å². The maximum absolute atomic E-state index is 12.9. The van der Waals surface area contributed by atoms with E-state index >= 15 is 0 Å². The standard InChI is InChI=1S/C23H18N4O10S2/c1-13-18(21(28)26(24-13)14-5-9-16(10-6-14)38(32,33)34)3-2-4-19-20(23(30)31)25-27(22(19)29)15-7-11-17(12-8-15)39(35,36)37/h2-12,24H,1H3,(H,30,31)(H,32,33,34)(H,35,36,37)/b3-2?,19-4-. The van der Waals surface area contributed by atoms with Crippen molar-refractivity contribution in [1.82, 2.24) is 9.78 Å². The molecule has 202 valence electrons. The predicted molar refractivity (Wildman–Crippen MR) is 137 cm³/mol. The molecular formula is C23H18N4O10S2. The number of aliphatic carboxylic acids is 1. The molecule has 3 aromatic rings. The molecule has 0 saturated heterocycles. The molecule has 0 atom stereocenters. The highest BCUT2D eigenvalue weighted by Crippen LogP contribution is 2.25. The third-order valence-electron chi connectivity index (χ3n) is 5.50. The van der Waals surface area contributed by atoms with Crippen LogP contribution in [0.5, 0.6) is 0 Å². The number of carbonyl (C=O) groups excluding carboxylic acids is 1. The number of allylic oxidation sites excluding steroid dienone is 2. The molecule has 0 saturated carbocycles. The molecule has 1 aliphatic heterocycles. The molecule has 0 radical (unpaired) electrons. The molecule has 1 aromatic heterocycles. The number of benzene rings is 2. The summed E-state index contributed by atoms with van der Waals surface area (Å²) in [5.74, 6) is -2.34. The highest BCUT2D eigenvalue weighted by molar-refractivity contribution is 7.86. The number of amides is 1. The molecule has 39 heavy (non-hydrogen) atoms. The fraction of sp³-hybridized carbons (Fsp3) is 0.0435. The minimum Gasteiger partial charge on any atom is -0.476 e. The van der Waals surface area contributed by atoms with Gasteiger partial charge in [-0.15, -0.1) is 0 Å². The summed E-state index contributed by atoms with van der Waals surface area (Å²) in [6.45, 7) is 1.58. The minimum absolute atomic E-state index is 0.0444. The van der Waals surface area contributed by atoms with Gasteiger partial charge in [-0.3, -0.25) is 23.8 Å². The van der Waals surface area contributed by atoms with Gasteiger partial charge in [-0.2, -0.15) is 26.9 Å². The second-order valence-electron chi connectivity index (χ2n) is 8.04. The van der Waals surface area contributed by atoms with Gasteiger partial charge >= 0.3 is 5.97 Å². The quantitative estimate of drug-likeness (QED) is 0.235. The lowest BCUT2D eigenvalue weighted by molar-refractivity contribution is -0.129. The molecule has 2 aromatic carbocycles. The molecule has 0 aliphatic carbocycles. The minimum atomic E-state index is -4.48. The predicted octanol–water partition coefficient (Wildman–Crippen LogP) is 1.39. The van der Waals surface area contributed by atoms with Crippen LogP contribution in [0.25, 0.3) is 11.8 Å². The van der Waals surface area contributed by atoms with E-state index in [4.69, 9.17) is 9.11 Å². The average Bonchev–Trinajstić information content (AvgIpc) is 3.34. The number of hydrazone groups is 1. The van der Waals surface area contributed by atoms with Crippen LogP contribution in [0.3, 0.4) is 0 Å². The molecule has 0 unspecified atom stereocenters. The number of carboxylic acid groups (broad SMARTS) is 1. The second-order valence-corrected chi connectivity index (χ2v) is 10.9. The van der Waals surface area contributed by atoms with Crippen LogP contribution < -0.4 is 10.6 Å². The number of rotatable bonds is 7. The molecule has 14 nitrogen and oxygen atoms in total. The summed E-state index contributed by atoms with van der Waals surface area (Å²) in [4.78, 5) is 36.7. The van der Waals surface area contributed by atoms with Crippen molar-refractivity contribution in [3.05, 3.63) is 87.9 Å². The van der Waals surface area contributed by atoms with Crippen molar-refractivity contribution < 1.29 is 40.6 Å². The molecule has 1 aliphatic rings. The summed E-state index contributed by atoms with van der Waals surface area (Å²) in [6, 6.07) is 9.21. The number of hydrogen-bond acceptors (Lipinski definition) is 8. The molecule has 0 spiro atoms. The van der Waals surface area contributed by atoms with Crippen molar-refractivity contribution in [3.63, 3.8) is 0 Å². The van der Waals surface area contributed by atoms with Crippen LogP contribution in [-0.2, 0) is 29.8 Å². The summed E-state index contributed by atoms with van der Waals surface area (Å²) in [5, 5.41) is 16.9. The Morgan fingerprint density at radius 3 is 1.90 bits per heavy atom. The van der Waals surface area contributed by atoms with E-state index in [1.54, 1.807) is 6.92 Å². The number of H-pyrrole nitrogens is 1. The number of hydrogen-bond donors (Lipinski definition) is 4. The van der Waals surface area contributed by atoms with E-state index in [1.165, 1.54) is 24.3 Å². The third kappa shape index (κ3) is 5.48. The largest absolute Gasteiger partial charge is 0.476 e. The molecule has 0 fully saturated rings. The van der Waals surface area contributed by atoms with Crippen molar-refractivity contribution in [2.45, 2.75) is 16.7 Å². The lowest BCUT2D eigenvalue weighted by atomic mass is 10.1. The maximum Gasteiger partial charge on any atom is 0.357 e. The van der Waals surface area contributed by atoms with Crippen molar-refractivity contribution in [3.8, 4) is 5.69 Å². The Hall–Kier alpha value is -4.64. The molecule has 4 N–H and O–H groups in total.